The molecule has 2 saturated heterocycles. The Labute approximate surface area is 199 Å². The van der Waals surface area contributed by atoms with E-state index in [-0.39, 0.29) is 29.1 Å². The Hall–Kier alpha value is -3.98. The van der Waals surface area contributed by atoms with E-state index in [9.17, 15) is 24.1 Å². The van der Waals surface area contributed by atoms with Gasteiger partial charge in [0.05, 0.1) is 10.8 Å². The molecule has 2 aromatic carbocycles. The number of hydrogen-bond donors (Lipinski definition) is 1. The number of ketones is 1. The Balaban J connectivity index is 1.60. The molecule has 2 fully saturated rings. The van der Waals surface area contributed by atoms with E-state index in [0.717, 1.165) is 18.4 Å². The number of carbonyl (C=O) groups is 2. The van der Waals surface area contributed by atoms with E-state index in [4.69, 9.17) is 0 Å². The van der Waals surface area contributed by atoms with Gasteiger partial charge in [0.2, 0.25) is 5.91 Å². The zero-order valence-electron chi connectivity index (χ0n) is 18.6. The maximum Gasteiger partial charge on any atom is 0.269 e. The number of rotatable bonds is 4. The molecule has 6 rings (SSSR count). The van der Waals surface area contributed by atoms with Crippen LogP contribution in [0, 0.1) is 21.8 Å². The van der Waals surface area contributed by atoms with E-state index < -0.39 is 28.1 Å². The van der Waals surface area contributed by atoms with Crippen LogP contribution in [0.25, 0.3) is 0 Å². The molecule has 0 bridgehead atoms. The number of nitrogens with zero attached hydrogens (tertiary/aromatic N) is 3. The van der Waals surface area contributed by atoms with Crippen LogP contribution in [-0.2, 0) is 10.3 Å². The first kappa shape index (κ1) is 21.5. The minimum absolute atomic E-state index is 0.0524. The number of nitro benzene ring substituents is 1. The van der Waals surface area contributed by atoms with Gasteiger partial charge in [0.1, 0.15) is 17.1 Å². The third kappa shape index (κ3) is 2.97. The number of fused-ring (bicyclic) bond motifs is 4. The van der Waals surface area contributed by atoms with Crippen molar-refractivity contribution in [3.63, 3.8) is 0 Å². The van der Waals surface area contributed by atoms with Crippen molar-refractivity contribution in [2.75, 3.05) is 11.9 Å². The number of nitro groups is 1. The van der Waals surface area contributed by atoms with Crippen LogP contribution in [0.5, 0.6) is 0 Å². The molecule has 1 amide bonds. The van der Waals surface area contributed by atoms with Crippen molar-refractivity contribution in [1.82, 2.24) is 9.88 Å². The Kier molecular flexibility index (Phi) is 4.79. The molecule has 1 N–H and O–H groups in total. The molecular formula is C26H21FN4O4. The summed E-state index contributed by atoms with van der Waals surface area (Å²) in [7, 11) is 0. The fourth-order valence-electron chi connectivity index (χ4n) is 6.39. The molecular weight excluding hydrogens is 451 g/mol. The van der Waals surface area contributed by atoms with Crippen LogP contribution in [0.2, 0.25) is 0 Å². The van der Waals surface area contributed by atoms with Gasteiger partial charge in [-0.1, -0.05) is 18.2 Å². The number of non-ortho nitro benzene ring substituents is 1. The van der Waals surface area contributed by atoms with Crippen LogP contribution >= 0.6 is 0 Å². The van der Waals surface area contributed by atoms with Crippen LogP contribution in [0.1, 0.15) is 40.4 Å². The molecule has 3 aromatic rings. The number of halogens is 1. The van der Waals surface area contributed by atoms with Gasteiger partial charge in [0.15, 0.2) is 5.78 Å². The third-order valence-corrected chi connectivity index (χ3v) is 7.65. The molecule has 176 valence electrons. The summed E-state index contributed by atoms with van der Waals surface area (Å²) < 4.78 is 14.5. The predicted octanol–water partition coefficient (Wildman–Crippen LogP) is 4.04. The largest absolute Gasteiger partial charge is 0.324 e. The van der Waals surface area contributed by atoms with Crippen LogP contribution in [-0.4, -0.2) is 39.1 Å². The predicted molar refractivity (Wildman–Crippen MR) is 124 cm³/mol. The number of amides is 1. The lowest BCUT2D eigenvalue weighted by Gasteiger charge is -2.36. The highest BCUT2D eigenvalue weighted by Gasteiger charge is 2.69. The maximum absolute atomic E-state index is 14.5. The summed E-state index contributed by atoms with van der Waals surface area (Å²) in [6.45, 7) is 0.573. The van der Waals surface area contributed by atoms with Gasteiger partial charge in [-0.25, -0.2) is 4.39 Å². The molecule has 0 saturated carbocycles. The van der Waals surface area contributed by atoms with E-state index in [1.165, 1.54) is 36.5 Å². The molecule has 4 atom stereocenters. The molecule has 0 radical (unpaired) electrons. The lowest BCUT2D eigenvalue weighted by molar-refractivity contribution is -0.384. The van der Waals surface area contributed by atoms with E-state index in [1.54, 1.807) is 30.3 Å². The highest BCUT2D eigenvalue weighted by molar-refractivity contribution is 6.12. The van der Waals surface area contributed by atoms with Crippen molar-refractivity contribution in [3.05, 3.63) is 99.6 Å². The normalized spacial score (nSPS) is 27.0. The van der Waals surface area contributed by atoms with E-state index in [0.29, 0.717) is 17.8 Å². The number of pyridine rings is 1. The molecule has 3 aliphatic heterocycles. The topological polar surface area (TPSA) is 105 Å². The first-order valence-electron chi connectivity index (χ1n) is 11.5. The first-order valence-corrected chi connectivity index (χ1v) is 11.5. The third-order valence-electron chi connectivity index (χ3n) is 7.65. The van der Waals surface area contributed by atoms with Gasteiger partial charge in [0.25, 0.3) is 5.69 Å². The van der Waals surface area contributed by atoms with Crippen LogP contribution in [0.3, 0.4) is 0 Å². The average molecular weight is 472 g/mol. The number of Topliss-reactive ketones (excluding diaryl/α,β-unsaturated/α-hetero) is 1. The molecule has 4 heterocycles. The number of benzene rings is 2. The Bertz CT molecular complexity index is 1360. The van der Waals surface area contributed by atoms with Crippen molar-refractivity contribution < 1.29 is 18.9 Å². The van der Waals surface area contributed by atoms with Crippen molar-refractivity contribution in [2.45, 2.75) is 30.3 Å². The van der Waals surface area contributed by atoms with Gasteiger partial charge < -0.3 is 5.32 Å². The van der Waals surface area contributed by atoms with E-state index in [1.807, 2.05) is 4.90 Å². The molecule has 8 nitrogen and oxygen atoms in total. The van der Waals surface area contributed by atoms with Crippen LogP contribution in [0.4, 0.5) is 15.8 Å². The zero-order chi connectivity index (χ0) is 24.3. The molecule has 1 spiro atoms. The monoisotopic (exact) mass is 472 g/mol. The second-order valence-corrected chi connectivity index (χ2v) is 9.24. The summed E-state index contributed by atoms with van der Waals surface area (Å²) >= 11 is 0. The lowest BCUT2D eigenvalue weighted by Crippen LogP contribution is -2.53. The molecule has 0 aliphatic carbocycles. The van der Waals surface area contributed by atoms with E-state index >= 15 is 0 Å². The lowest BCUT2D eigenvalue weighted by atomic mass is 9.69. The van der Waals surface area contributed by atoms with Gasteiger partial charge in [-0.2, -0.15) is 0 Å². The Morgan fingerprint density at radius 1 is 1.17 bits per heavy atom. The SMILES string of the molecule is O=C(c1ccccn1)[C@@H]1[C@H](c2ccc([N+](=O)[O-])cc2)[C@H]2CCCN2[C@@]12C(=O)Nc1ccc(F)cc12. The molecule has 3 aliphatic rings. The van der Waals surface area contributed by atoms with Crippen molar-refractivity contribution >= 4 is 23.1 Å². The number of nitrogens with one attached hydrogen (secondary N) is 1. The summed E-state index contributed by atoms with van der Waals surface area (Å²) in [5, 5.41) is 14.1. The quantitative estimate of drug-likeness (QED) is 0.349. The van der Waals surface area contributed by atoms with Gasteiger partial charge in [-0.05, 0) is 55.3 Å². The number of aromatic nitrogens is 1. The smallest absolute Gasteiger partial charge is 0.269 e. The molecule has 1 aromatic heterocycles. The van der Waals surface area contributed by atoms with E-state index in [2.05, 4.69) is 10.3 Å². The van der Waals surface area contributed by atoms with Gasteiger partial charge >= 0.3 is 0 Å². The van der Waals surface area contributed by atoms with Crippen molar-refractivity contribution in [2.24, 2.45) is 5.92 Å². The highest BCUT2D eigenvalue weighted by atomic mass is 19.1. The van der Waals surface area contributed by atoms with Crippen molar-refractivity contribution in [1.29, 1.82) is 0 Å². The fourth-order valence-corrected chi connectivity index (χ4v) is 6.39. The first-order chi connectivity index (χ1) is 16.9. The fraction of sp³-hybridized carbons (Fsp3) is 0.269. The zero-order valence-corrected chi connectivity index (χ0v) is 18.6. The second kappa shape index (κ2) is 7.78. The van der Waals surface area contributed by atoms with Crippen molar-refractivity contribution in [3.8, 4) is 0 Å². The number of carbonyl (C=O) groups excluding carboxylic acids is 2. The van der Waals surface area contributed by atoms with Crippen LogP contribution in [0.15, 0.2) is 66.9 Å². The number of anilines is 1. The summed E-state index contributed by atoms with van der Waals surface area (Å²) in [6, 6.07) is 15.2. The van der Waals surface area contributed by atoms with Gasteiger partial charge in [-0.3, -0.25) is 29.6 Å². The average Bonchev–Trinajstić information content (AvgIpc) is 3.53. The second-order valence-electron chi connectivity index (χ2n) is 9.24. The highest BCUT2D eigenvalue weighted by Crippen LogP contribution is 2.61. The van der Waals surface area contributed by atoms with Crippen LogP contribution < -0.4 is 5.32 Å². The molecule has 9 heteroatoms. The Morgan fingerprint density at radius 2 is 1.97 bits per heavy atom. The van der Waals surface area contributed by atoms with Gasteiger partial charge in [-0.15, -0.1) is 0 Å². The summed E-state index contributed by atoms with van der Waals surface area (Å²) in [6.07, 6.45) is 3.09. The maximum atomic E-state index is 14.5. The molecule has 0 unspecified atom stereocenters. The minimum Gasteiger partial charge on any atom is -0.324 e. The minimum atomic E-state index is -1.40. The Morgan fingerprint density at radius 3 is 2.69 bits per heavy atom. The summed E-state index contributed by atoms with van der Waals surface area (Å²) in [5.41, 5.74) is 0.445. The summed E-state index contributed by atoms with van der Waals surface area (Å²) in [4.78, 5) is 45.1. The standard InChI is InChI=1S/C26H21FN4O4/c27-16-8-11-19-18(14-16)26(25(33)29-19)23(24(32)20-4-1-2-12-28-20)22(21-5-3-13-30(21)26)15-6-9-17(10-7-15)31(34)35/h1-2,4,6-12,14,21-23H,3,5,13H2,(H,29,33)/t21-,22-,23+,26-/m1/s1. The molecule has 35 heavy (non-hydrogen) atoms. The van der Waals surface area contributed by atoms with Gasteiger partial charge in [0, 0.05) is 41.5 Å². The number of hydrogen-bond acceptors (Lipinski definition) is 6. The summed E-state index contributed by atoms with van der Waals surface area (Å²) in [5.74, 6) is -2.49.